The van der Waals surface area contributed by atoms with Crippen LogP contribution < -0.4 is 5.32 Å². The van der Waals surface area contributed by atoms with Gasteiger partial charge in [-0.2, -0.15) is 4.31 Å². The Kier molecular flexibility index (Phi) is 6.53. The molecular formula is C24H26N2O6S. The molecule has 0 aliphatic carbocycles. The molecule has 2 heterocycles. The third-order valence-corrected chi connectivity index (χ3v) is 7.55. The van der Waals surface area contributed by atoms with E-state index >= 15 is 0 Å². The van der Waals surface area contributed by atoms with Gasteiger partial charge in [-0.25, -0.2) is 13.2 Å². The topological polar surface area (TPSA) is 106 Å². The van der Waals surface area contributed by atoms with Crippen LogP contribution in [0.2, 0.25) is 0 Å². The Hall–Kier alpha value is -3.17. The smallest absolute Gasteiger partial charge is 0.376 e. The van der Waals surface area contributed by atoms with Crippen LogP contribution in [0.15, 0.2) is 57.8 Å². The van der Waals surface area contributed by atoms with Gasteiger partial charge in [0.2, 0.25) is 15.8 Å². The maximum Gasteiger partial charge on any atom is 0.376 e. The van der Waals surface area contributed by atoms with Crippen molar-refractivity contribution in [1.29, 1.82) is 0 Å². The molecule has 0 unspecified atom stereocenters. The largest absolute Gasteiger partial charge is 0.460 e. The fourth-order valence-corrected chi connectivity index (χ4v) is 5.59. The number of ether oxygens (including phenoxy) is 1. The Morgan fingerprint density at radius 3 is 2.58 bits per heavy atom. The zero-order chi connectivity index (χ0) is 23.6. The first kappa shape index (κ1) is 23.0. The normalized spacial score (nSPS) is 17.1. The van der Waals surface area contributed by atoms with E-state index in [-0.39, 0.29) is 28.5 Å². The molecule has 0 spiro atoms. The fraction of sp³-hybridized carbons (Fsp3) is 0.333. The lowest BCUT2D eigenvalue weighted by Crippen LogP contribution is -2.39. The van der Waals surface area contributed by atoms with E-state index in [4.69, 9.17) is 9.15 Å². The van der Waals surface area contributed by atoms with Gasteiger partial charge in [0.15, 0.2) is 0 Å². The second kappa shape index (κ2) is 9.36. The molecule has 1 N–H and O–H groups in total. The Bertz CT molecular complexity index is 1280. The highest BCUT2D eigenvalue weighted by Gasteiger charge is 2.29. The molecular weight excluding hydrogens is 444 g/mol. The molecule has 8 nitrogen and oxygen atoms in total. The minimum Gasteiger partial charge on any atom is -0.460 e. The van der Waals surface area contributed by atoms with Crippen molar-refractivity contribution in [2.45, 2.75) is 31.6 Å². The molecule has 9 heteroatoms. The van der Waals surface area contributed by atoms with Crippen molar-refractivity contribution < 1.29 is 27.2 Å². The summed E-state index contributed by atoms with van der Waals surface area (Å²) in [5.74, 6) is -0.953. The lowest BCUT2D eigenvalue weighted by atomic mass is 10.0. The van der Waals surface area contributed by atoms with Crippen LogP contribution >= 0.6 is 0 Å². The molecule has 1 aliphatic rings. The molecule has 1 fully saturated rings. The van der Waals surface area contributed by atoms with Gasteiger partial charge in [0.25, 0.3) is 5.91 Å². The molecule has 0 radical (unpaired) electrons. The number of rotatable bonds is 6. The Labute approximate surface area is 192 Å². The molecule has 4 rings (SSSR count). The third kappa shape index (κ3) is 4.65. The Balaban J connectivity index is 1.58. The molecule has 0 saturated carbocycles. The van der Waals surface area contributed by atoms with Gasteiger partial charge in [-0.3, -0.25) is 4.79 Å². The van der Waals surface area contributed by atoms with Crippen LogP contribution in [0.1, 0.15) is 47.6 Å². The number of furan rings is 1. The molecule has 33 heavy (non-hydrogen) atoms. The number of hydrogen-bond donors (Lipinski definition) is 1. The summed E-state index contributed by atoms with van der Waals surface area (Å²) in [4.78, 5) is 25.4. The van der Waals surface area contributed by atoms with Crippen LogP contribution in [0, 0.1) is 5.92 Å². The first-order valence-corrected chi connectivity index (χ1v) is 12.4. The fourth-order valence-electron chi connectivity index (χ4n) is 3.99. The summed E-state index contributed by atoms with van der Waals surface area (Å²) < 4.78 is 38.1. The SMILES string of the molecule is CCOC(=O)c1oc2ccccc2c1NC(=O)c1ccc(S(=O)(=O)N2CCC[C@H](C)C2)cc1. The molecule has 174 valence electrons. The highest BCUT2D eigenvalue weighted by Crippen LogP contribution is 2.32. The van der Waals surface area contributed by atoms with Gasteiger partial charge in [-0.1, -0.05) is 19.1 Å². The number of anilines is 1. The second-order valence-electron chi connectivity index (χ2n) is 8.11. The molecule has 1 saturated heterocycles. The van der Waals surface area contributed by atoms with E-state index in [1.165, 1.54) is 28.6 Å². The number of fused-ring (bicyclic) bond motifs is 1. The summed E-state index contributed by atoms with van der Waals surface area (Å²) in [5.41, 5.74) is 0.905. The first-order chi connectivity index (χ1) is 15.8. The molecule has 2 aromatic carbocycles. The van der Waals surface area contributed by atoms with Gasteiger partial charge < -0.3 is 14.5 Å². The van der Waals surface area contributed by atoms with E-state index in [0.717, 1.165) is 12.8 Å². The minimum atomic E-state index is -3.62. The first-order valence-electron chi connectivity index (χ1n) is 10.9. The van der Waals surface area contributed by atoms with Crippen molar-refractivity contribution in [1.82, 2.24) is 4.31 Å². The van der Waals surface area contributed by atoms with Crippen molar-refractivity contribution in [2.75, 3.05) is 25.0 Å². The molecule has 3 aromatic rings. The van der Waals surface area contributed by atoms with Crippen LogP contribution in [0.4, 0.5) is 5.69 Å². The molecule has 0 bridgehead atoms. The predicted octanol–water partition coefficient (Wildman–Crippen LogP) is 4.28. The zero-order valence-electron chi connectivity index (χ0n) is 18.5. The second-order valence-corrected chi connectivity index (χ2v) is 10.0. The van der Waals surface area contributed by atoms with Crippen LogP contribution in [-0.2, 0) is 14.8 Å². The van der Waals surface area contributed by atoms with E-state index in [2.05, 4.69) is 5.32 Å². The van der Waals surface area contributed by atoms with Crippen LogP contribution in [-0.4, -0.2) is 44.3 Å². The number of carbonyl (C=O) groups is 2. The lowest BCUT2D eigenvalue weighted by Gasteiger charge is -2.30. The maximum atomic E-state index is 13.0. The monoisotopic (exact) mass is 470 g/mol. The van der Waals surface area contributed by atoms with Crippen molar-refractivity contribution >= 4 is 38.6 Å². The van der Waals surface area contributed by atoms with Gasteiger partial charge >= 0.3 is 5.97 Å². The molecule has 1 aliphatic heterocycles. The molecule has 1 aromatic heterocycles. The Morgan fingerprint density at radius 1 is 1.15 bits per heavy atom. The summed E-state index contributed by atoms with van der Waals surface area (Å²) in [7, 11) is -3.62. The van der Waals surface area contributed by atoms with Gasteiger partial charge in [0.05, 0.1) is 11.5 Å². The number of para-hydroxylation sites is 1. The summed E-state index contributed by atoms with van der Waals surface area (Å²) in [6, 6.07) is 12.7. The number of nitrogens with zero attached hydrogens (tertiary/aromatic N) is 1. The number of carbonyl (C=O) groups excluding carboxylic acids is 2. The summed E-state index contributed by atoms with van der Waals surface area (Å²) in [6.07, 6.45) is 1.85. The lowest BCUT2D eigenvalue weighted by molar-refractivity contribution is 0.0494. The predicted molar refractivity (Wildman–Crippen MR) is 124 cm³/mol. The van der Waals surface area contributed by atoms with E-state index in [1.807, 2.05) is 6.92 Å². The third-order valence-electron chi connectivity index (χ3n) is 5.67. The van der Waals surface area contributed by atoms with Gasteiger partial charge in [-0.05, 0) is 62.1 Å². The van der Waals surface area contributed by atoms with Crippen molar-refractivity contribution in [3.8, 4) is 0 Å². The standard InChI is InChI=1S/C24H26N2O6S/c1-3-31-24(28)22-21(19-8-4-5-9-20(19)32-22)25-23(27)17-10-12-18(13-11-17)33(29,30)26-14-6-7-16(2)15-26/h4-5,8-13,16H,3,6-7,14-15H2,1-2H3,(H,25,27)/t16-/m0/s1. The maximum absolute atomic E-state index is 13.0. The number of hydrogen-bond acceptors (Lipinski definition) is 6. The molecule has 1 amide bonds. The van der Waals surface area contributed by atoms with Crippen LogP contribution in [0.3, 0.4) is 0 Å². The summed E-state index contributed by atoms with van der Waals surface area (Å²) in [5, 5.41) is 3.29. The quantitative estimate of drug-likeness (QED) is 0.539. The van der Waals surface area contributed by atoms with Crippen LogP contribution in [0.5, 0.6) is 0 Å². The average molecular weight is 471 g/mol. The number of piperidine rings is 1. The Morgan fingerprint density at radius 2 is 1.88 bits per heavy atom. The van der Waals surface area contributed by atoms with Gasteiger partial charge in [0, 0.05) is 24.0 Å². The van der Waals surface area contributed by atoms with E-state index < -0.39 is 21.9 Å². The number of nitrogens with one attached hydrogen (secondary N) is 1. The van der Waals surface area contributed by atoms with E-state index in [9.17, 15) is 18.0 Å². The summed E-state index contributed by atoms with van der Waals surface area (Å²) in [6.45, 7) is 4.88. The van der Waals surface area contributed by atoms with Gasteiger partial charge in [-0.15, -0.1) is 0 Å². The summed E-state index contributed by atoms with van der Waals surface area (Å²) >= 11 is 0. The zero-order valence-corrected chi connectivity index (χ0v) is 19.4. The van der Waals surface area contributed by atoms with Gasteiger partial charge in [0.1, 0.15) is 11.3 Å². The highest BCUT2D eigenvalue weighted by molar-refractivity contribution is 7.89. The average Bonchev–Trinajstić information content (AvgIpc) is 3.18. The highest BCUT2D eigenvalue weighted by atomic mass is 32.2. The van der Waals surface area contributed by atoms with E-state index in [1.54, 1.807) is 31.2 Å². The minimum absolute atomic E-state index is 0.0928. The van der Waals surface area contributed by atoms with Crippen molar-refractivity contribution in [2.24, 2.45) is 5.92 Å². The number of sulfonamides is 1. The van der Waals surface area contributed by atoms with Crippen molar-refractivity contribution in [3.63, 3.8) is 0 Å². The number of benzene rings is 2. The molecule has 1 atom stereocenters. The van der Waals surface area contributed by atoms with E-state index in [0.29, 0.717) is 30.0 Å². The van der Waals surface area contributed by atoms with Crippen molar-refractivity contribution in [3.05, 3.63) is 59.9 Å². The number of esters is 1. The van der Waals surface area contributed by atoms with Crippen LogP contribution in [0.25, 0.3) is 11.0 Å². The number of amides is 1.